The first-order valence-electron chi connectivity index (χ1n) is 8.89. The fourth-order valence-electron chi connectivity index (χ4n) is 3.43. The second-order valence-corrected chi connectivity index (χ2v) is 7.06. The van der Waals surface area contributed by atoms with Crippen LogP contribution in [-0.2, 0) is 13.1 Å². The van der Waals surface area contributed by atoms with Crippen LogP contribution in [0, 0.1) is 0 Å². The molecule has 0 radical (unpaired) electrons. The van der Waals surface area contributed by atoms with E-state index >= 15 is 0 Å². The second-order valence-electron chi connectivity index (χ2n) is 6.63. The van der Waals surface area contributed by atoms with Crippen molar-refractivity contribution < 1.29 is 4.74 Å². The fourth-order valence-corrected chi connectivity index (χ4v) is 3.59. The molecule has 0 saturated heterocycles. The Labute approximate surface area is 166 Å². The van der Waals surface area contributed by atoms with Crippen LogP contribution in [0.15, 0.2) is 66.7 Å². The number of hydrogen-bond acceptors (Lipinski definition) is 5. The standard InChI is InChI=1S/C21H16ClN5O/c22-17-8-9-20-18(11-17)27(13-16-5-1-2-7-19(16)28-20)12-14-4-3-6-15(10-14)21-23-25-26-24-21/h1-11H,12-13H2,(H,23,24,25,26). The number of aromatic nitrogens is 4. The highest BCUT2D eigenvalue weighted by Crippen LogP contribution is 2.41. The van der Waals surface area contributed by atoms with E-state index in [1.54, 1.807) is 0 Å². The Bertz CT molecular complexity index is 1130. The lowest BCUT2D eigenvalue weighted by atomic mass is 10.1. The zero-order valence-electron chi connectivity index (χ0n) is 14.8. The predicted octanol–water partition coefficient (Wildman–Crippen LogP) is 4.83. The summed E-state index contributed by atoms with van der Waals surface area (Å²) in [6.07, 6.45) is 0. The Balaban J connectivity index is 1.54. The van der Waals surface area contributed by atoms with Crippen LogP contribution >= 0.6 is 11.6 Å². The number of aromatic amines is 1. The highest BCUT2D eigenvalue weighted by molar-refractivity contribution is 6.31. The molecule has 1 aliphatic rings. The van der Waals surface area contributed by atoms with E-state index in [2.05, 4.69) is 43.7 Å². The van der Waals surface area contributed by atoms with Gasteiger partial charge in [0, 0.05) is 29.2 Å². The minimum absolute atomic E-state index is 0.648. The fraction of sp³-hybridized carbons (Fsp3) is 0.0952. The Kier molecular flexibility index (Phi) is 4.18. The molecule has 1 aliphatic heterocycles. The normalized spacial score (nSPS) is 12.7. The largest absolute Gasteiger partial charge is 0.455 e. The van der Waals surface area contributed by atoms with Crippen LogP contribution in [0.4, 0.5) is 5.69 Å². The molecular formula is C21H16ClN5O. The molecule has 28 heavy (non-hydrogen) atoms. The number of ether oxygens (including phenoxy) is 1. The molecule has 7 heteroatoms. The van der Waals surface area contributed by atoms with Crippen molar-refractivity contribution >= 4 is 17.3 Å². The number of anilines is 1. The van der Waals surface area contributed by atoms with E-state index in [0.717, 1.165) is 40.4 Å². The first-order chi connectivity index (χ1) is 13.8. The maximum atomic E-state index is 6.29. The maximum Gasteiger partial charge on any atom is 0.179 e. The van der Waals surface area contributed by atoms with Gasteiger partial charge in [-0.3, -0.25) is 0 Å². The van der Waals surface area contributed by atoms with Crippen molar-refractivity contribution in [3.63, 3.8) is 0 Å². The smallest absolute Gasteiger partial charge is 0.179 e. The predicted molar refractivity (Wildman–Crippen MR) is 107 cm³/mol. The van der Waals surface area contributed by atoms with Crippen molar-refractivity contribution in [3.8, 4) is 22.9 Å². The molecule has 2 heterocycles. The summed E-state index contributed by atoms with van der Waals surface area (Å²) in [7, 11) is 0. The topological polar surface area (TPSA) is 66.9 Å². The Hall–Kier alpha value is -3.38. The quantitative estimate of drug-likeness (QED) is 0.543. The van der Waals surface area contributed by atoms with Crippen LogP contribution in [0.1, 0.15) is 11.1 Å². The van der Waals surface area contributed by atoms with Gasteiger partial charge < -0.3 is 9.64 Å². The first kappa shape index (κ1) is 16.8. The van der Waals surface area contributed by atoms with E-state index in [-0.39, 0.29) is 0 Å². The highest BCUT2D eigenvalue weighted by atomic mass is 35.5. The molecular weight excluding hydrogens is 374 g/mol. The number of nitrogens with zero attached hydrogens (tertiary/aromatic N) is 4. The molecule has 0 spiro atoms. The van der Waals surface area contributed by atoms with Crippen LogP contribution in [0.25, 0.3) is 11.4 Å². The molecule has 4 aromatic rings. The Morgan fingerprint density at radius 2 is 1.93 bits per heavy atom. The van der Waals surface area contributed by atoms with Crippen molar-refractivity contribution in [2.45, 2.75) is 13.1 Å². The minimum Gasteiger partial charge on any atom is -0.455 e. The number of rotatable bonds is 3. The maximum absolute atomic E-state index is 6.29. The summed E-state index contributed by atoms with van der Waals surface area (Å²) in [5.41, 5.74) is 4.18. The van der Waals surface area contributed by atoms with Gasteiger partial charge in [-0.1, -0.05) is 48.0 Å². The van der Waals surface area contributed by atoms with Crippen molar-refractivity contribution in [3.05, 3.63) is 82.9 Å². The van der Waals surface area contributed by atoms with Gasteiger partial charge in [-0.2, -0.15) is 0 Å². The summed E-state index contributed by atoms with van der Waals surface area (Å²) < 4.78 is 6.18. The second kappa shape index (κ2) is 6.98. The number of nitrogens with one attached hydrogen (secondary N) is 1. The number of H-pyrrole nitrogens is 1. The molecule has 6 nitrogen and oxygen atoms in total. The third-order valence-corrected chi connectivity index (χ3v) is 4.97. The monoisotopic (exact) mass is 389 g/mol. The van der Waals surface area contributed by atoms with Gasteiger partial charge in [0.05, 0.1) is 5.69 Å². The molecule has 0 amide bonds. The number of tetrazole rings is 1. The average molecular weight is 390 g/mol. The van der Waals surface area contributed by atoms with E-state index < -0.39 is 0 Å². The molecule has 0 unspecified atom stereocenters. The number of para-hydroxylation sites is 1. The van der Waals surface area contributed by atoms with Gasteiger partial charge in [0.25, 0.3) is 0 Å². The van der Waals surface area contributed by atoms with Crippen molar-refractivity contribution in [2.75, 3.05) is 4.90 Å². The number of hydrogen-bond donors (Lipinski definition) is 1. The van der Waals surface area contributed by atoms with Crippen molar-refractivity contribution in [2.24, 2.45) is 0 Å². The number of fused-ring (bicyclic) bond motifs is 2. The van der Waals surface area contributed by atoms with Gasteiger partial charge in [-0.15, -0.1) is 5.10 Å². The average Bonchev–Trinajstić information content (AvgIpc) is 3.20. The molecule has 1 N–H and O–H groups in total. The molecule has 0 atom stereocenters. The van der Waals surface area contributed by atoms with Gasteiger partial charge >= 0.3 is 0 Å². The lowest BCUT2D eigenvalue weighted by molar-refractivity contribution is 0.483. The van der Waals surface area contributed by atoms with Gasteiger partial charge in [0.1, 0.15) is 5.75 Å². The third-order valence-electron chi connectivity index (χ3n) is 4.73. The molecule has 0 fully saturated rings. The molecule has 3 aromatic carbocycles. The highest BCUT2D eigenvalue weighted by Gasteiger charge is 2.21. The van der Waals surface area contributed by atoms with Gasteiger partial charge in [-0.05, 0) is 46.3 Å². The van der Waals surface area contributed by atoms with E-state index in [9.17, 15) is 0 Å². The van der Waals surface area contributed by atoms with Crippen LogP contribution in [0.5, 0.6) is 11.5 Å². The lowest BCUT2D eigenvalue weighted by Gasteiger charge is -2.24. The Morgan fingerprint density at radius 3 is 2.82 bits per heavy atom. The lowest BCUT2D eigenvalue weighted by Crippen LogP contribution is -2.21. The summed E-state index contributed by atoms with van der Waals surface area (Å²) in [4.78, 5) is 2.27. The van der Waals surface area contributed by atoms with E-state index in [1.165, 1.54) is 0 Å². The van der Waals surface area contributed by atoms with Crippen LogP contribution in [0.3, 0.4) is 0 Å². The van der Waals surface area contributed by atoms with E-state index in [4.69, 9.17) is 16.3 Å². The zero-order valence-corrected chi connectivity index (χ0v) is 15.6. The molecule has 0 saturated carbocycles. The number of benzene rings is 3. The third kappa shape index (κ3) is 3.18. The minimum atomic E-state index is 0.648. The zero-order chi connectivity index (χ0) is 18.9. The first-order valence-corrected chi connectivity index (χ1v) is 9.27. The van der Waals surface area contributed by atoms with Crippen LogP contribution in [-0.4, -0.2) is 20.6 Å². The summed E-state index contributed by atoms with van der Waals surface area (Å²) in [5.74, 6) is 2.31. The summed E-state index contributed by atoms with van der Waals surface area (Å²) >= 11 is 6.29. The molecule has 5 rings (SSSR count). The molecule has 1 aromatic heterocycles. The van der Waals surface area contributed by atoms with Gasteiger partial charge in [0.2, 0.25) is 0 Å². The summed E-state index contributed by atoms with van der Waals surface area (Å²) in [6.45, 7) is 1.41. The Morgan fingerprint density at radius 1 is 1.00 bits per heavy atom. The van der Waals surface area contributed by atoms with Gasteiger partial charge in [-0.25, -0.2) is 5.10 Å². The SMILES string of the molecule is Clc1ccc2c(c1)N(Cc1cccc(-c3nnn[nH]3)c1)Cc1ccccc1O2. The summed E-state index contributed by atoms with van der Waals surface area (Å²) in [6, 6.07) is 22.0. The van der Waals surface area contributed by atoms with E-state index in [0.29, 0.717) is 17.4 Å². The molecule has 138 valence electrons. The molecule has 0 aliphatic carbocycles. The van der Waals surface area contributed by atoms with Crippen molar-refractivity contribution in [1.29, 1.82) is 0 Å². The molecule has 0 bridgehead atoms. The number of halogens is 1. The van der Waals surface area contributed by atoms with E-state index in [1.807, 2.05) is 48.5 Å². The van der Waals surface area contributed by atoms with Crippen molar-refractivity contribution in [1.82, 2.24) is 20.6 Å². The summed E-state index contributed by atoms with van der Waals surface area (Å²) in [5, 5.41) is 14.8. The van der Waals surface area contributed by atoms with Crippen LogP contribution < -0.4 is 9.64 Å². The van der Waals surface area contributed by atoms with Gasteiger partial charge in [0.15, 0.2) is 11.6 Å². The van der Waals surface area contributed by atoms with Crippen LogP contribution in [0.2, 0.25) is 5.02 Å².